The highest BCUT2D eigenvalue weighted by molar-refractivity contribution is 7.89. The first-order valence-corrected chi connectivity index (χ1v) is 11.8. The fourth-order valence-electron chi connectivity index (χ4n) is 3.91. The Morgan fingerprint density at radius 1 is 1.00 bits per heavy atom. The van der Waals surface area contributed by atoms with Crippen LogP contribution < -0.4 is 9.64 Å². The van der Waals surface area contributed by atoms with Gasteiger partial charge in [0.15, 0.2) is 0 Å². The Hall–Kier alpha value is -2.71. The lowest BCUT2D eigenvalue weighted by Crippen LogP contribution is -2.46. The predicted molar refractivity (Wildman–Crippen MR) is 116 cm³/mol. The zero-order valence-corrected chi connectivity index (χ0v) is 18.6. The van der Waals surface area contributed by atoms with Crippen LogP contribution in [0.25, 0.3) is 0 Å². The average molecular weight is 443 g/mol. The zero-order chi connectivity index (χ0) is 22.3. The summed E-state index contributed by atoms with van der Waals surface area (Å²) in [6, 6.07) is 12.0. The third-order valence-electron chi connectivity index (χ3n) is 5.79. The highest BCUT2D eigenvalue weighted by atomic mass is 32.2. The van der Waals surface area contributed by atoms with Gasteiger partial charge in [0.2, 0.25) is 15.9 Å². The van der Waals surface area contributed by atoms with E-state index in [9.17, 15) is 18.0 Å². The van der Waals surface area contributed by atoms with E-state index in [2.05, 4.69) is 13.8 Å². The van der Waals surface area contributed by atoms with Crippen LogP contribution in [0.4, 0.5) is 5.69 Å². The van der Waals surface area contributed by atoms with Gasteiger partial charge in [0.25, 0.3) is 5.91 Å². The number of anilines is 1. The van der Waals surface area contributed by atoms with E-state index in [0.717, 1.165) is 10.5 Å². The van der Waals surface area contributed by atoms with Gasteiger partial charge in [0.1, 0.15) is 11.8 Å². The van der Waals surface area contributed by atoms with Gasteiger partial charge >= 0.3 is 0 Å². The van der Waals surface area contributed by atoms with Gasteiger partial charge < -0.3 is 4.74 Å². The number of carbonyl (C=O) groups is 2. The Labute approximate surface area is 182 Å². The Morgan fingerprint density at radius 3 is 2.13 bits per heavy atom. The Morgan fingerprint density at radius 2 is 1.61 bits per heavy atom. The Kier molecular flexibility index (Phi) is 5.61. The van der Waals surface area contributed by atoms with Gasteiger partial charge in [-0.2, -0.15) is 4.31 Å². The second kappa shape index (κ2) is 8.09. The van der Waals surface area contributed by atoms with Crippen LogP contribution in [0.1, 0.15) is 44.6 Å². The molecule has 2 aromatic carbocycles. The van der Waals surface area contributed by atoms with Crippen LogP contribution in [0.15, 0.2) is 53.4 Å². The molecule has 7 nitrogen and oxygen atoms in total. The van der Waals surface area contributed by atoms with Crippen LogP contribution in [0, 0.1) is 0 Å². The first kappa shape index (κ1) is 21.5. The van der Waals surface area contributed by atoms with Gasteiger partial charge in [-0.05, 0) is 60.7 Å². The standard InChI is InChI=1S/C23H26N2O5S/c1-15(2)16-4-6-17(7-5-16)24-22(26)14-21(23(24)27)25(18-8-9-18)31(28,29)20-12-10-19(30-3)11-13-20/h4-7,10-13,15,18,21H,8-9,14H2,1-3H3. The molecule has 164 valence electrons. The van der Waals surface area contributed by atoms with E-state index in [-0.39, 0.29) is 23.3 Å². The molecule has 1 unspecified atom stereocenters. The van der Waals surface area contributed by atoms with Crippen LogP contribution >= 0.6 is 0 Å². The van der Waals surface area contributed by atoms with Crippen LogP contribution in [0.5, 0.6) is 5.75 Å². The molecule has 0 bridgehead atoms. The van der Waals surface area contributed by atoms with E-state index in [4.69, 9.17) is 4.74 Å². The van der Waals surface area contributed by atoms with Crippen LogP contribution in [-0.2, 0) is 19.6 Å². The molecule has 1 saturated carbocycles. The van der Waals surface area contributed by atoms with E-state index in [1.807, 2.05) is 12.1 Å². The summed E-state index contributed by atoms with van der Waals surface area (Å²) >= 11 is 0. The molecule has 2 fully saturated rings. The number of nitrogens with zero attached hydrogens (tertiary/aromatic N) is 2. The molecule has 1 aliphatic heterocycles. The van der Waals surface area contributed by atoms with Gasteiger partial charge in [0.05, 0.1) is 24.1 Å². The molecule has 0 spiro atoms. The lowest BCUT2D eigenvalue weighted by Gasteiger charge is -2.27. The molecule has 2 aromatic rings. The van der Waals surface area contributed by atoms with Crippen molar-refractivity contribution >= 4 is 27.5 Å². The minimum atomic E-state index is -3.95. The fraction of sp³-hybridized carbons (Fsp3) is 0.391. The highest BCUT2D eigenvalue weighted by Crippen LogP contribution is 2.38. The smallest absolute Gasteiger partial charge is 0.252 e. The molecular weight excluding hydrogens is 416 g/mol. The number of imide groups is 1. The van der Waals surface area contributed by atoms with E-state index >= 15 is 0 Å². The first-order valence-electron chi connectivity index (χ1n) is 10.4. The van der Waals surface area contributed by atoms with Gasteiger partial charge in [-0.15, -0.1) is 0 Å². The highest BCUT2D eigenvalue weighted by Gasteiger charge is 2.51. The van der Waals surface area contributed by atoms with Crippen molar-refractivity contribution in [2.75, 3.05) is 12.0 Å². The SMILES string of the molecule is COc1ccc(S(=O)(=O)N(C2CC2)C2CC(=O)N(c3ccc(C(C)C)cc3)C2=O)cc1. The normalized spacial score (nSPS) is 19.5. The number of hydrogen-bond donors (Lipinski definition) is 0. The lowest BCUT2D eigenvalue weighted by atomic mass is 10.0. The van der Waals surface area contributed by atoms with E-state index in [1.54, 1.807) is 24.3 Å². The summed E-state index contributed by atoms with van der Waals surface area (Å²) in [4.78, 5) is 27.2. The number of amides is 2. The quantitative estimate of drug-likeness (QED) is 0.615. The molecule has 0 radical (unpaired) electrons. The van der Waals surface area contributed by atoms with E-state index in [1.165, 1.54) is 23.5 Å². The van der Waals surface area contributed by atoms with Crippen LogP contribution in [0.2, 0.25) is 0 Å². The molecule has 1 atom stereocenters. The lowest BCUT2D eigenvalue weighted by molar-refractivity contribution is -0.122. The van der Waals surface area contributed by atoms with Gasteiger partial charge in [-0.25, -0.2) is 13.3 Å². The second-order valence-electron chi connectivity index (χ2n) is 8.28. The summed E-state index contributed by atoms with van der Waals surface area (Å²) in [6.07, 6.45) is 1.20. The molecule has 1 aliphatic carbocycles. The molecule has 1 heterocycles. The molecule has 1 saturated heterocycles. The third kappa shape index (κ3) is 3.97. The largest absolute Gasteiger partial charge is 0.497 e. The number of carbonyl (C=O) groups excluding carboxylic acids is 2. The number of ether oxygens (including phenoxy) is 1. The van der Waals surface area contributed by atoms with Crippen molar-refractivity contribution in [1.29, 1.82) is 0 Å². The number of rotatable bonds is 7. The number of hydrogen-bond acceptors (Lipinski definition) is 5. The van der Waals surface area contributed by atoms with Gasteiger partial charge in [-0.1, -0.05) is 26.0 Å². The molecule has 0 N–H and O–H groups in total. The zero-order valence-electron chi connectivity index (χ0n) is 17.8. The molecule has 0 aromatic heterocycles. The van der Waals surface area contributed by atoms with E-state index < -0.39 is 22.0 Å². The summed E-state index contributed by atoms with van der Waals surface area (Å²) in [6.45, 7) is 4.13. The summed E-state index contributed by atoms with van der Waals surface area (Å²) in [5.41, 5.74) is 1.57. The summed E-state index contributed by atoms with van der Waals surface area (Å²) in [7, 11) is -2.44. The van der Waals surface area contributed by atoms with Crippen molar-refractivity contribution in [2.24, 2.45) is 0 Å². The van der Waals surface area contributed by atoms with Crippen LogP contribution in [-0.4, -0.2) is 43.7 Å². The second-order valence-corrected chi connectivity index (χ2v) is 10.1. The van der Waals surface area contributed by atoms with Crippen molar-refractivity contribution in [3.63, 3.8) is 0 Å². The van der Waals surface area contributed by atoms with E-state index in [0.29, 0.717) is 30.2 Å². The minimum absolute atomic E-state index is 0.0835. The molecule has 31 heavy (non-hydrogen) atoms. The summed E-state index contributed by atoms with van der Waals surface area (Å²) in [5, 5.41) is 0. The topological polar surface area (TPSA) is 84.0 Å². The summed E-state index contributed by atoms with van der Waals surface area (Å²) in [5.74, 6) is -0.0130. The molecule has 2 amide bonds. The van der Waals surface area contributed by atoms with Crippen molar-refractivity contribution in [3.8, 4) is 5.75 Å². The number of methoxy groups -OCH3 is 1. The summed E-state index contributed by atoms with van der Waals surface area (Å²) < 4.78 is 33.2. The molecule has 4 rings (SSSR count). The molecular formula is C23H26N2O5S. The molecule has 8 heteroatoms. The van der Waals surface area contributed by atoms with Crippen molar-refractivity contribution in [1.82, 2.24) is 4.31 Å². The predicted octanol–water partition coefficient (Wildman–Crippen LogP) is 3.30. The minimum Gasteiger partial charge on any atom is -0.497 e. The van der Waals surface area contributed by atoms with Gasteiger partial charge in [-0.3, -0.25) is 9.59 Å². The monoisotopic (exact) mass is 442 g/mol. The van der Waals surface area contributed by atoms with Crippen molar-refractivity contribution in [2.45, 2.75) is 56.0 Å². The Bertz CT molecular complexity index is 1090. The maximum atomic E-state index is 13.4. The molecule has 2 aliphatic rings. The van der Waals surface area contributed by atoms with Crippen molar-refractivity contribution < 1.29 is 22.7 Å². The number of sulfonamides is 1. The average Bonchev–Trinajstić information content (AvgIpc) is 3.53. The number of benzene rings is 2. The van der Waals surface area contributed by atoms with Gasteiger partial charge in [0, 0.05) is 6.04 Å². The third-order valence-corrected chi connectivity index (χ3v) is 7.77. The van der Waals surface area contributed by atoms with Crippen LogP contribution in [0.3, 0.4) is 0 Å². The maximum absolute atomic E-state index is 13.4. The fourth-order valence-corrected chi connectivity index (χ4v) is 5.74. The first-order chi connectivity index (χ1) is 14.7. The maximum Gasteiger partial charge on any atom is 0.252 e. The van der Waals surface area contributed by atoms with Crippen molar-refractivity contribution in [3.05, 3.63) is 54.1 Å². The Balaban J connectivity index is 1.65.